The van der Waals surface area contributed by atoms with Gasteiger partial charge in [0.1, 0.15) is 0 Å². The summed E-state index contributed by atoms with van der Waals surface area (Å²) in [4.78, 5) is 0. The van der Waals surface area contributed by atoms with Gasteiger partial charge in [-0.3, -0.25) is 5.84 Å². The summed E-state index contributed by atoms with van der Waals surface area (Å²) < 4.78 is 2.45. The van der Waals surface area contributed by atoms with Crippen LogP contribution in [-0.4, -0.2) is 0 Å². The molecule has 1 unspecified atom stereocenters. The van der Waals surface area contributed by atoms with Crippen molar-refractivity contribution in [2.75, 3.05) is 0 Å². The summed E-state index contributed by atoms with van der Waals surface area (Å²) in [7, 11) is 0. The Bertz CT molecular complexity index is 771. The highest BCUT2D eigenvalue weighted by Crippen LogP contribution is 2.34. The SMILES string of the molecule is Cc1cc(C(NN)c2cccc3ccsc23)cc(C)c1Br. The van der Waals surface area contributed by atoms with E-state index < -0.39 is 0 Å². The summed E-state index contributed by atoms with van der Waals surface area (Å²) in [6.07, 6.45) is 0. The Morgan fingerprint density at radius 1 is 1.14 bits per heavy atom. The number of hydrazine groups is 1. The number of nitrogens with one attached hydrogen (secondary N) is 1. The lowest BCUT2D eigenvalue weighted by Gasteiger charge is -2.19. The van der Waals surface area contributed by atoms with Gasteiger partial charge in [0.25, 0.3) is 0 Å². The van der Waals surface area contributed by atoms with Crippen LogP contribution in [0.3, 0.4) is 0 Å². The summed E-state index contributed by atoms with van der Waals surface area (Å²) in [5.74, 6) is 5.88. The molecule has 4 heteroatoms. The molecule has 21 heavy (non-hydrogen) atoms. The Morgan fingerprint density at radius 2 is 1.86 bits per heavy atom. The van der Waals surface area contributed by atoms with E-state index in [2.05, 4.69) is 77.0 Å². The van der Waals surface area contributed by atoms with Gasteiger partial charge in [0.05, 0.1) is 6.04 Å². The third kappa shape index (κ3) is 2.64. The molecule has 3 N–H and O–H groups in total. The first kappa shape index (κ1) is 14.7. The van der Waals surface area contributed by atoms with E-state index in [-0.39, 0.29) is 6.04 Å². The fourth-order valence-corrected chi connectivity index (χ4v) is 3.93. The van der Waals surface area contributed by atoms with Gasteiger partial charge in [-0.1, -0.05) is 46.3 Å². The number of fused-ring (bicyclic) bond motifs is 1. The number of hydrogen-bond acceptors (Lipinski definition) is 3. The second kappa shape index (κ2) is 5.89. The van der Waals surface area contributed by atoms with Crippen LogP contribution in [-0.2, 0) is 0 Å². The Labute approximate surface area is 137 Å². The molecule has 0 aliphatic heterocycles. The van der Waals surface area contributed by atoms with Crippen LogP contribution in [0.1, 0.15) is 28.3 Å². The lowest BCUT2D eigenvalue weighted by molar-refractivity contribution is 0.640. The number of nitrogens with two attached hydrogens (primary N) is 1. The number of rotatable bonds is 3. The van der Waals surface area contributed by atoms with Crippen LogP contribution in [0.25, 0.3) is 10.1 Å². The van der Waals surface area contributed by atoms with Crippen molar-refractivity contribution in [2.45, 2.75) is 19.9 Å². The molecule has 0 spiro atoms. The van der Waals surface area contributed by atoms with E-state index in [4.69, 9.17) is 5.84 Å². The average Bonchev–Trinajstić information content (AvgIpc) is 2.94. The van der Waals surface area contributed by atoms with E-state index in [0.717, 1.165) is 4.47 Å². The highest BCUT2D eigenvalue weighted by Gasteiger charge is 2.17. The van der Waals surface area contributed by atoms with Gasteiger partial charge in [0, 0.05) is 9.17 Å². The van der Waals surface area contributed by atoms with Crippen LogP contribution in [0.2, 0.25) is 0 Å². The molecule has 3 rings (SSSR count). The average molecular weight is 361 g/mol. The lowest BCUT2D eigenvalue weighted by atomic mass is 9.95. The number of halogens is 1. The van der Waals surface area contributed by atoms with E-state index in [0.29, 0.717) is 0 Å². The molecule has 0 aliphatic rings. The third-order valence-corrected chi connectivity index (χ3v) is 6.01. The molecule has 0 radical (unpaired) electrons. The van der Waals surface area contributed by atoms with E-state index >= 15 is 0 Å². The van der Waals surface area contributed by atoms with E-state index in [9.17, 15) is 0 Å². The highest BCUT2D eigenvalue weighted by atomic mass is 79.9. The zero-order valence-electron chi connectivity index (χ0n) is 12.0. The van der Waals surface area contributed by atoms with Gasteiger partial charge < -0.3 is 0 Å². The summed E-state index contributed by atoms with van der Waals surface area (Å²) in [6, 6.07) is 12.9. The van der Waals surface area contributed by atoms with Crippen LogP contribution in [0.15, 0.2) is 46.3 Å². The second-order valence-electron chi connectivity index (χ2n) is 5.25. The maximum absolute atomic E-state index is 5.88. The van der Waals surface area contributed by atoms with Gasteiger partial charge in [-0.15, -0.1) is 11.3 Å². The fourth-order valence-electron chi connectivity index (χ4n) is 2.76. The standard InChI is InChI=1S/C17H17BrN2S/c1-10-8-13(9-11(2)15(10)18)16(20-19)14-5-3-4-12-6-7-21-17(12)14/h3-9,16,20H,19H2,1-2H3. The molecule has 0 aliphatic carbocycles. The van der Waals surface area contributed by atoms with Crippen LogP contribution >= 0.6 is 27.3 Å². The maximum Gasteiger partial charge on any atom is 0.0724 e. The minimum atomic E-state index is -0.00199. The predicted molar refractivity (Wildman–Crippen MR) is 94.6 cm³/mol. The predicted octanol–water partition coefficient (Wildman–Crippen LogP) is 4.83. The summed E-state index contributed by atoms with van der Waals surface area (Å²) >= 11 is 5.38. The Morgan fingerprint density at radius 3 is 2.52 bits per heavy atom. The molecular weight excluding hydrogens is 344 g/mol. The quantitative estimate of drug-likeness (QED) is 0.518. The van der Waals surface area contributed by atoms with Crippen LogP contribution in [0.4, 0.5) is 0 Å². The van der Waals surface area contributed by atoms with Crippen molar-refractivity contribution >= 4 is 37.4 Å². The van der Waals surface area contributed by atoms with Crippen LogP contribution in [0.5, 0.6) is 0 Å². The van der Waals surface area contributed by atoms with E-state index in [1.165, 1.54) is 32.3 Å². The Hall–Kier alpha value is -1.20. The van der Waals surface area contributed by atoms with Gasteiger partial charge in [-0.25, -0.2) is 5.43 Å². The molecule has 1 aromatic heterocycles. The van der Waals surface area contributed by atoms with E-state index in [1.54, 1.807) is 11.3 Å². The summed E-state index contributed by atoms with van der Waals surface area (Å²) in [6.45, 7) is 4.22. The third-order valence-electron chi connectivity index (χ3n) is 3.78. The first-order chi connectivity index (χ1) is 10.1. The zero-order valence-corrected chi connectivity index (χ0v) is 14.4. The molecule has 3 aromatic rings. The number of thiophene rings is 1. The maximum atomic E-state index is 5.88. The molecule has 0 amide bonds. The molecule has 0 fully saturated rings. The first-order valence-electron chi connectivity index (χ1n) is 6.80. The Balaban J connectivity index is 2.16. The van der Waals surface area contributed by atoms with Gasteiger partial charge >= 0.3 is 0 Å². The molecule has 2 nitrogen and oxygen atoms in total. The highest BCUT2D eigenvalue weighted by molar-refractivity contribution is 9.10. The summed E-state index contributed by atoms with van der Waals surface area (Å²) in [5, 5.41) is 3.39. The van der Waals surface area contributed by atoms with Crippen molar-refractivity contribution in [3.05, 3.63) is 68.5 Å². The molecule has 0 bridgehead atoms. The molecule has 1 heterocycles. The molecule has 0 saturated carbocycles. The topological polar surface area (TPSA) is 38.0 Å². The molecule has 2 aromatic carbocycles. The van der Waals surface area contributed by atoms with Crippen molar-refractivity contribution in [3.63, 3.8) is 0 Å². The van der Waals surface area contributed by atoms with Crippen molar-refractivity contribution < 1.29 is 0 Å². The fraction of sp³-hybridized carbons (Fsp3) is 0.176. The first-order valence-corrected chi connectivity index (χ1v) is 8.48. The van der Waals surface area contributed by atoms with Gasteiger partial charge in [0.2, 0.25) is 0 Å². The van der Waals surface area contributed by atoms with Crippen LogP contribution in [0, 0.1) is 13.8 Å². The van der Waals surface area contributed by atoms with E-state index in [1.807, 2.05) is 0 Å². The second-order valence-corrected chi connectivity index (χ2v) is 6.96. The number of aryl methyl sites for hydroxylation is 2. The molecular formula is C17H17BrN2S. The van der Waals surface area contributed by atoms with Crippen molar-refractivity contribution in [1.82, 2.24) is 5.43 Å². The number of benzene rings is 2. The van der Waals surface area contributed by atoms with Gasteiger partial charge in [0.15, 0.2) is 0 Å². The molecule has 1 atom stereocenters. The van der Waals surface area contributed by atoms with Gasteiger partial charge in [-0.2, -0.15) is 0 Å². The Kier molecular flexibility index (Phi) is 4.13. The minimum Gasteiger partial charge on any atom is -0.271 e. The minimum absolute atomic E-state index is 0.00199. The van der Waals surface area contributed by atoms with Crippen molar-refractivity contribution in [1.29, 1.82) is 0 Å². The number of hydrogen-bond donors (Lipinski definition) is 2. The monoisotopic (exact) mass is 360 g/mol. The normalized spacial score (nSPS) is 12.8. The smallest absolute Gasteiger partial charge is 0.0724 e. The summed E-state index contributed by atoms with van der Waals surface area (Å²) in [5.41, 5.74) is 7.85. The van der Waals surface area contributed by atoms with Gasteiger partial charge in [-0.05, 0) is 52.9 Å². The zero-order chi connectivity index (χ0) is 15.0. The lowest BCUT2D eigenvalue weighted by Crippen LogP contribution is -2.29. The van der Waals surface area contributed by atoms with Crippen molar-refractivity contribution in [2.24, 2.45) is 5.84 Å². The van der Waals surface area contributed by atoms with Crippen molar-refractivity contribution in [3.8, 4) is 0 Å². The molecule has 0 saturated heterocycles. The largest absolute Gasteiger partial charge is 0.271 e. The van der Waals surface area contributed by atoms with Crippen LogP contribution < -0.4 is 11.3 Å². The molecule has 108 valence electrons.